The van der Waals surface area contributed by atoms with Crippen LogP contribution in [0, 0.1) is 6.92 Å². The number of hydrogen-bond donors (Lipinski definition) is 0. The molecule has 0 saturated heterocycles. The number of aromatic nitrogens is 3. The minimum atomic E-state index is -4.51. The van der Waals surface area contributed by atoms with Crippen LogP contribution in [0.4, 0.5) is 13.2 Å². The lowest BCUT2D eigenvalue weighted by Gasteiger charge is -1.99. The van der Waals surface area contributed by atoms with E-state index in [1.807, 2.05) is 32.9 Å². The molecule has 0 fully saturated rings. The highest BCUT2D eigenvalue weighted by Crippen LogP contribution is 2.28. The Kier molecular flexibility index (Phi) is 4.69. The standard InChI is InChI=1S/C11H10F3N3.C2H6/c1-7-3-5-8(6-4-7)9-15-10(11(12,13)14)16-17(9)2;1-2/h3-6H,1-2H3;1-2H3. The van der Waals surface area contributed by atoms with Crippen LogP contribution >= 0.6 is 0 Å². The number of hydrogen-bond acceptors (Lipinski definition) is 2. The average molecular weight is 271 g/mol. The Morgan fingerprint density at radius 3 is 2.00 bits per heavy atom. The molecule has 0 unspecified atom stereocenters. The minimum absolute atomic E-state index is 0.206. The second-order valence-corrected chi connectivity index (χ2v) is 3.75. The van der Waals surface area contributed by atoms with Crippen LogP contribution in [0.15, 0.2) is 24.3 Å². The van der Waals surface area contributed by atoms with Crippen molar-refractivity contribution in [3.05, 3.63) is 35.7 Å². The summed E-state index contributed by atoms with van der Waals surface area (Å²) in [6, 6.07) is 7.08. The second kappa shape index (κ2) is 5.86. The van der Waals surface area contributed by atoms with E-state index in [-0.39, 0.29) is 5.82 Å². The van der Waals surface area contributed by atoms with Gasteiger partial charge in [0.05, 0.1) is 0 Å². The molecule has 0 aliphatic heterocycles. The first-order chi connectivity index (χ1) is 8.88. The molecular formula is C13H16F3N3. The molecule has 0 amide bonds. The van der Waals surface area contributed by atoms with E-state index in [1.165, 1.54) is 7.05 Å². The van der Waals surface area contributed by atoms with Gasteiger partial charge in [-0.3, -0.25) is 0 Å². The first-order valence-electron chi connectivity index (χ1n) is 5.93. The summed E-state index contributed by atoms with van der Waals surface area (Å²) in [7, 11) is 1.44. The Morgan fingerprint density at radius 1 is 1.05 bits per heavy atom. The van der Waals surface area contributed by atoms with Crippen molar-refractivity contribution in [1.82, 2.24) is 14.8 Å². The maximum atomic E-state index is 12.4. The molecule has 2 rings (SSSR count). The zero-order valence-electron chi connectivity index (χ0n) is 11.3. The van der Waals surface area contributed by atoms with Gasteiger partial charge < -0.3 is 0 Å². The second-order valence-electron chi connectivity index (χ2n) is 3.75. The topological polar surface area (TPSA) is 30.7 Å². The number of halogens is 3. The number of aryl methyl sites for hydroxylation is 2. The van der Waals surface area contributed by atoms with E-state index in [2.05, 4.69) is 10.1 Å². The third-order valence-corrected chi connectivity index (χ3v) is 2.33. The van der Waals surface area contributed by atoms with Gasteiger partial charge in [0.2, 0.25) is 0 Å². The Labute approximate surface area is 110 Å². The fourth-order valence-electron chi connectivity index (χ4n) is 1.46. The zero-order valence-corrected chi connectivity index (χ0v) is 11.3. The van der Waals surface area contributed by atoms with Crippen LogP contribution in [0.25, 0.3) is 11.4 Å². The lowest BCUT2D eigenvalue weighted by molar-refractivity contribution is -0.144. The molecule has 0 aliphatic carbocycles. The van der Waals surface area contributed by atoms with Crippen molar-refractivity contribution in [2.75, 3.05) is 0 Å². The highest BCUT2D eigenvalue weighted by Gasteiger charge is 2.36. The van der Waals surface area contributed by atoms with Crippen LogP contribution in [-0.4, -0.2) is 14.8 Å². The fourth-order valence-corrected chi connectivity index (χ4v) is 1.46. The maximum Gasteiger partial charge on any atom is 0.453 e. The molecule has 0 N–H and O–H groups in total. The molecule has 1 heterocycles. The van der Waals surface area contributed by atoms with Crippen LogP contribution in [0.3, 0.4) is 0 Å². The van der Waals surface area contributed by atoms with Crippen LogP contribution in [0.5, 0.6) is 0 Å². The molecular weight excluding hydrogens is 255 g/mol. The van der Waals surface area contributed by atoms with Crippen LogP contribution in [0.2, 0.25) is 0 Å². The molecule has 0 bridgehead atoms. The van der Waals surface area contributed by atoms with Gasteiger partial charge in [-0.05, 0) is 6.92 Å². The van der Waals surface area contributed by atoms with Crippen LogP contribution in [-0.2, 0) is 13.2 Å². The van der Waals surface area contributed by atoms with Gasteiger partial charge in [-0.25, -0.2) is 9.67 Å². The molecule has 0 aliphatic rings. The normalized spacial score (nSPS) is 10.9. The summed E-state index contributed by atoms with van der Waals surface area (Å²) < 4.78 is 38.4. The molecule has 104 valence electrons. The zero-order chi connectivity index (χ0) is 14.6. The van der Waals surface area contributed by atoms with Gasteiger partial charge in [-0.1, -0.05) is 43.7 Å². The van der Waals surface area contributed by atoms with Gasteiger partial charge >= 0.3 is 6.18 Å². The summed E-state index contributed by atoms with van der Waals surface area (Å²) in [6.07, 6.45) is -4.51. The van der Waals surface area contributed by atoms with Crippen molar-refractivity contribution in [3.8, 4) is 11.4 Å². The summed E-state index contributed by atoms with van der Waals surface area (Å²) in [5.74, 6) is -0.909. The van der Waals surface area contributed by atoms with Crippen molar-refractivity contribution in [2.24, 2.45) is 7.05 Å². The summed E-state index contributed by atoms with van der Waals surface area (Å²) in [5.41, 5.74) is 1.65. The lowest BCUT2D eigenvalue weighted by Crippen LogP contribution is -2.08. The molecule has 1 aromatic carbocycles. The highest BCUT2D eigenvalue weighted by molar-refractivity contribution is 5.55. The van der Waals surface area contributed by atoms with E-state index in [0.717, 1.165) is 10.2 Å². The van der Waals surface area contributed by atoms with E-state index in [4.69, 9.17) is 0 Å². The van der Waals surface area contributed by atoms with Crippen LogP contribution < -0.4 is 0 Å². The average Bonchev–Trinajstić information content (AvgIpc) is 2.75. The van der Waals surface area contributed by atoms with Gasteiger partial charge in [0.1, 0.15) is 0 Å². The molecule has 1 aromatic heterocycles. The quantitative estimate of drug-likeness (QED) is 0.789. The lowest BCUT2D eigenvalue weighted by atomic mass is 10.1. The van der Waals surface area contributed by atoms with Gasteiger partial charge in [0.15, 0.2) is 5.82 Å². The highest BCUT2D eigenvalue weighted by atomic mass is 19.4. The maximum absolute atomic E-state index is 12.4. The number of benzene rings is 1. The molecule has 2 aromatic rings. The summed E-state index contributed by atoms with van der Waals surface area (Å²) in [6.45, 7) is 5.90. The van der Waals surface area contributed by atoms with Crippen molar-refractivity contribution in [3.63, 3.8) is 0 Å². The number of alkyl halides is 3. The summed E-state index contributed by atoms with van der Waals surface area (Å²) in [5, 5.41) is 3.36. The molecule has 0 spiro atoms. The smallest absolute Gasteiger partial charge is 0.248 e. The Bertz CT molecular complexity index is 527. The molecule has 0 saturated carbocycles. The predicted octanol–water partition coefficient (Wildman–Crippen LogP) is 3.84. The van der Waals surface area contributed by atoms with Crippen LogP contribution in [0.1, 0.15) is 25.2 Å². The fraction of sp³-hybridized carbons (Fsp3) is 0.385. The Morgan fingerprint density at radius 2 is 1.58 bits per heavy atom. The third-order valence-electron chi connectivity index (χ3n) is 2.33. The minimum Gasteiger partial charge on any atom is -0.248 e. The van der Waals surface area contributed by atoms with E-state index >= 15 is 0 Å². The molecule has 0 atom stereocenters. The predicted molar refractivity (Wildman–Crippen MR) is 67.5 cm³/mol. The Balaban J connectivity index is 0.000000861. The monoisotopic (exact) mass is 271 g/mol. The van der Waals surface area contributed by atoms with Crippen molar-refractivity contribution in [1.29, 1.82) is 0 Å². The van der Waals surface area contributed by atoms with E-state index in [1.54, 1.807) is 12.1 Å². The van der Waals surface area contributed by atoms with Gasteiger partial charge in [-0.2, -0.15) is 13.2 Å². The van der Waals surface area contributed by atoms with E-state index < -0.39 is 12.0 Å². The van der Waals surface area contributed by atoms with Gasteiger partial charge in [-0.15, -0.1) is 5.10 Å². The van der Waals surface area contributed by atoms with Crippen molar-refractivity contribution < 1.29 is 13.2 Å². The number of rotatable bonds is 1. The number of nitrogens with zero attached hydrogens (tertiary/aromatic N) is 3. The van der Waals surface area contributed by atoms with Crippen molar-refractivity contribution >= 4 is 0 Å². The Hall–Kier alpha value is -1.85. The first kappa shape index (κ1) is 15.2. The first-order valence-corrected chi connectivity index (χ1v) is 5.93. The molecule has 3 nitrogen and oxygen atoms in total. The van der Waals surface area contributed by atoms with Crippen molar-refractivity contribution in [2.45, 2.75) is 26.9 Å². The van der Waals surface area contributed by atoms with Gasteiger partial charge in [0.25, 0.3) is 5.82 Å². The van der Waals surface area contributed by atoms with E-state index in [9.17, 15) is 13.2 Å². The molecule has 19 heavy (non-hydrogen) atoms. The summed E-state index contributed by atoms with van der Waals surface area (Å²) >= 11 is 0. The van der Waals surface area contributed by atoms with Gasteiger partial charge in [0, 0.05) is 12.6 Å². The third kappa shape index (κ3) is 3.56. The molecule has 6 heteroatoms. The SMILES string of the molecule is CC.Cc1ccc(-c2nc(C(F)(F)F)nn2C)cc1. The molecule has 0 radical (unpaired) electrons. The summed E-state index contributed by atoms with van der Waals surface area (Å²) in [4.78, 5) is 3.51. The largest absolute Gasteiger partial charge is 0.453 e. The van der Waals surface area contributed by atoms with E-state index in [0.29, 0.717) is 5.56 Å².